The average molecular weight is 345 g/mol. The lowest BCUT2D eigenvalue weighted by molar-refractivity contribution is 0.0965. The summed E-state index contributed by atoms with van der Waals surface area (Å²) in [6, 6.07) is 8.30. The quantitative estimate of drug-likeness (QED) is 0.873. The SMILES string of the molecule is O=C(NCc1cccc(N2CCOCC2)c1)N1CC[C@@H]2CC[C@@H](O)[C@@H]21. The summed E-state index contributed by atoms with van der Waals surface area (Å²) in [7, 11) is 0. The molecule has 136 valence electrons. The van der Waals surface area contributed by atoms with Gasteiger partial charge in [0.1, 0.15) is 0 Å². The Bertz CT molecular complexity index is 618. The minimum atomic E-state index is -0.358. The number of ether oxygens (including phenoxy) is 1. The lowest BCUT2D eigenvalue weighted by Crippen LogP contribution is -2.47. The van der Waals surface area contributed by atoms with Crippen LogP contribution >= 0.6 is 0 Å². The summed E-state index contributed by atoms with van der Waals surface area (Å²) >= 11 is 0. The Morgan fingerprint density at radius 3 is 2.88 bits per heavy atom. The van der Waals surface area contributed by atoms with Crippen LogP contribution in [-0.4, -0.2) is 61.0 Å². The van der Waals surface area contributed by atoms with Crippen molar-refractivity contribution in [3.63, 3.8) is 0 Å². The summed E-state index contributed by atoms with van der Waals surface area (Å²) in [5.74, 6) is 0.477. The number of carbonyl (C=O) groups is 1. The van der Waals surface area contributed by atoms with Gasteiger partial charge in [0, 0.05) is 31.9 Å². The Morgan fingerprint density at radius 2 is 2.04 bits per heavy atom. The Morgan fingerprint density at radius 1 is 1.20 bits per heavy atom. The van der Waals surface area contributed by atoms with E-state index in [0.29, 0.717) is 12.5 Å². The number of anilines is 1. The van der Waals surface area contributed by atoms with E-state index >= 15 is 0 Å². The Kier molecular flexibility index (Phi) is 4.81. The third-order valence-electron chi connectivity index (χ3n) is 5.80. The van der Waals surface area contributed by atoms with Gasteiger partial charge in [-0.3, -0.25) is 0 Å². The average Bonchev–Trinajstić information content (AvgIpc) is 3.24. The molecular weight excluding hydrogens is 318 g/mol. The number of nitrogens with zero attached hydrogens (tertiary/aromatic N) is 2. The van der Waals surface area contributed by atoms with Gasteiger partial charge in [-0.15, -0.1) is 0 Å². The molecule has 0 bridgehead atoms. The van der Waals surface area contributed by atoms with Gasteiger partial charge in [0.05, 0.1) is 25.4 Å². The maximum absolute atomic E-state index is 12.6. The summed E-state index contributed by atoms with van der Waals surface area (Å²) in [6.45, 7) is 4.61. The van der Waals surface area contributed by atoms with E-state index in [1.165, 1.54) is 5.69 Å². The van der Waals surface area contributed by atoms with Gasteiger partial charge in [-0.1, -0.05) is 12.1 Å². The van der Waals surface area contributed by atoms with Crippen LogP contribution in [0.15, 0.2) is 24.3 Å². The largest absolute Gasteiger partial charge is 0.391 e. The Labute approximate surface area is 148 Å². The highest BCUT2D eigenvalue weighted by atomic mass is 16.5. The fraction of sp³-hybridized carbons (Fsp3) is 0.632. The van der Waals surface area contributed by atoms with Crippen molar-refractivity contribution in [2.24, 2.45) is 5.92 Å². The van der Waals surface area contributed by atoms with E-state index in [1.54, 1.807) is 0 Å². The van der Waals surface area contributed by atoms with E-state index in [0.717, 1.165) is 57.7 Å². The first-order valence-corrected chi connectivity index (χ1v) is 9.36. The number of rotatable bonds is 3. The highest BCUT2D eigenvalue weighted by molar-refractivity contribution is 5.75. The van der Waals surface area contributed by atoms with Crippen LogP contribution in [0.25, 0.3) is 0 Å². The van der Waals surface area contributed by atoms with Gasteiger partial charge < -0.3 is 25.0 Å². The molecule has 1 aromatic carbocycles. The van der Waals surface area contributed by atoms with Gasteiger partial charge in [-0.05, 0) is 42.9 Å². The normalized spacial score (nSPS) is 28.9. The van der Waals surface area contributed by atoms with E-state index in [4.69, 9.17) is 4.74 Å². The van der Waals surface area contributed by atoms with Crippen LogP contribution in [0.3, 0.4) is 0 Å². The van der Waals surface area contributed by atoms with Crippen LogP contribution in [0.4, 0.5) is 10.5 Å². The molecule has 1 aromatic rings. The number of aliphatic hydroxyl groups excluding tert-OH is 1. The fourth-order valence-electron chi connectivity index (χ4n) is 4.47. The van der Waals surface area contributed by atoms with Crippen molar-refractivity contribution in [2.45, 2.75) is 38.0 Å². The first-order valence-electron chi connectivity index (χ1n) is 9.36. The number of fused-ring (bicyclic) bond motifs is 1. The number of likely N-dealkylation sites (tertiary alicyclic amines) is 1. The number of urea groups is 1. The molecule has 1 aliphatic carbocycles. The topological polar surface area (TPSA) is 65.0 Å². The van der Waals surface area contributed by atoms with Gasteiger partial charge >= 0.3 is 6.03 Å². The molecule has 6 nitrogen and oxygen atoms in total. The van der Waals surface area contributed by atoms with Crippen molar-refractivity contribution in [1.82, 2.24) is 10.2 Å². The molecule has 0 unspecified atom stereocenters. The summed E-state index contributed by atoms with van der Waals surface area (Å²) < 4.78 is 5.41. The minimum Gasteiger partial charge on any atom is -0.391 e. The van der Waals surface area contributed by atoms with Crippen LogP contribution in [0.1, 0.15) is 24.8 Å². The number of hydrogen-bond acceptors (Lipinski definition) is 4. The van der Waals surface area contributed by atoms with Crippen LogP contribution < -0.4 is 10.2 Å². The first-order chi connectivity index (χ1) is 12.2. The molecule has 2 saturated heterocycles. The monoisotopic (exact) mass is 345 g/mol. The van der Waals surface area contributed by atoms with Crippen molar-refractivity contribution in [2.75, 3.05) is 37.7 Å². The smallest absolute Gasteiger partial charge is 0.318 e. The van der Waals surface area contributed by atoms with Crippen LogP contribution in [0, 0.1) is 5.92 Å². The second-order valence-electron chi connectivity index (χ2n) is 7.31. The lowest BCUT2D eigenvalue weighted by atomic mass is 10.0. The molecule has 3 aliphatic rings. The molecule has 2 aliphatic heterocycles. The molecular formula is C19H27N3O3. The predicted molar refractivity (Wildman–Crippen MR) is 95.6 cm³/mol. The van der Waals surface area contributed by atoms with Gasteiger partial charge in [-0.2, -0.15) is 0 Å². The van der Waals surface area contributed by atoms with Gasteiger partial charge in [0.25, 0.3) is 0 Å². The fourth-order valence-corrected chi connectivity index (χ4v) is 4.47. The zero-order valence-corrected chi connectivity index (χ0v) is 14.6. The van der Waals surface area contributed by atoms with E-state index < -0.39 is 0 Å². The van der Waals surface area contributed by atoms with E-state index in [9.17, 15) is 9.90 Å². The van der Waals surface area contributed by atoms with Crippen LogP contribution in [-0.2, 0) is 11.3 Å². The summed E-state index contributed by atoms with van der Waals surface area (Å²) in [5.41, 5.74) is 2.28. The van der Waals surface area contributed by atoms with E-state index in [2.05, 4.69) is 22.3 Å². The summed E-state index contributed by atoms with van der Waals surface area (Å²) in [6.07, 6.45) is 2.52. The van der Waals surface area contributed by atoms with Crippen LogP contribution in [0.2, 0.25) is 0 Å². The number of carbonyl (C=O) groups excluding carboxylic acids is 1. The standard InChI is InChI=1S/C19H27N3O3/c23-17-5-4-15-6-7-22(18(15)17)19(24)20-13-14-2-1-3-16(12-14)21-8-10-25-11-9-21/h1-3,12,15,17-18,23H,4-11,13H2,(H,20,24)/t15-,17+,18+/m0/s1. The Balaban J connectivity index is 1.35. The second kappa shape index (κ2) is 7.22. The predicted octanol–water partition coefficient (Wildman–Crippen LogP) is 1.58. The van der Waals surface area contributed by atoms with E-state index in [1.807, 2.05) is 17.0 Å². The zero-order chi connectivity index (χ0) is 17.2. The molecule has 2 heterocycles. The lowest BCUT2D eigenvalue weighted by Gasteiger charge is -2.29. The molecule has 2 N–H and O–H groups in total. The molecule has 0 spiro atoms. The van der Waals surface area contributed by atoms with E-state index in [-0.39, 0.29) is 18.2 Å². The second-order valence-corrected chi connectivity index (χ2v) is 7.31. The number of benzene rings is 1. The number of morpholine rings is 1. The number of aliphatic hydroxyl groups is 1. The van der Waals surface area contributed by atoms with Gasteiger partial charge in [-0.25, -0.2) is 4.79 Å². The van der Waals surface area contributed by atoms with Crippen molar-refractivity contribution in [3.8, 4) is 0 Å². The highest BCUT2D eigenvalue weighted by Crippen LogP contribution is 2.37. The maximum Gasteiger partial charge on any atom is 0.318 e. The zero-order valence-electron chi connectivity index (χ0n) is 14.6. The van der Waals surface area contributed by atoms with Gasteiger partial charge in [0.15, 0.2) is 0 Å². The third-order valence-corrected chi connectivity index (χ3v) is 5.80. The molecule has 4 rings (SSSR count). The van der Waals surface area contributed by atoms with Crippen molar-refractivity contribution >= 4 is 11.7 Å². The number of nitrogens with one attached hydrogen (secondary N) is 1. The first kappa shape index (κ1) is 16.7. The van der Waals surface area contributed by atoms with Crippen molar-refractivity contribution < 1.29 is 14.6 Å². The van der Waals surface area contributed by atoms with Crippen molar-refractivity contribution in [1.29, 1.82) is 0 Å². The van der Waals surface area contributed by atoms with Crippen LogP contribution in [0.5, 0.6) is 0 Å². The number of amides is 2. The summed E-state index contributed by atoms with van der Waals surface area (Å²) in [4.78, 5) is 16.7. The highest BCUT2D eigenvalue weighted by Gasteiger charge is 2.45. The Hall–Kier alpha value is -1.79. The molecule has 1 saturated carbocycles. The molecule has 25 heavy (non-hydrogen) atoms. The van der Waals surface area contributed by atoms with Crippen molar-refractivity contribution in [3.05, 3.63) is 29.8 Å². The molecule has 0 aromatic heterocycles. The van der Waals surface area contributed by atoms with Gasteiger partial charge in [0.2, 0.25) is 0 Å². The number of hydrogen-bond donors (Lipinski definition) is 2. The minimum absolute atomic E-state index is 0.0136. The molecule has 6 heteroatoms. The molecule has 3 atom stereocenters. The molecule has 3 fully saturated rings. The third kappa shape index (κ3) is 3.46. The summed E-state index contributed by atoms with van der Waals surface area (Å²) in [5, 5.41) is 13.2. The molecule has 2 amide bonds. The maximum atomic E-state index is 12.6. The molecule has 0 radical (unpaired) electrons.